The Morgan fingerprint density at radius 3 is 2.31 bits per heavy atom. The van der Waals surface area contributed by atoms with Gasteiger partial charge in [-0.15, -0.1) is 0 Å². The Hall–Kier alpha value is -2.51. The van der Waals surface area contributed by atoms with Gasteiger partial charge in [-0.25, -0.2) is 8.78 Å². The molecular formula is C21H24F2N2O4. The Bertz CT molecular complexity index is 838. The number of para-hydroxylation sites is 1. The van der Waals surface area contributed by atoms with Crippen LogP contribution in [-0.4, -0.2) is 29.9 Å². The molecule has 1 aromatic rings. The number of hydrogen-bond acceptors (Lipinski definition) is 4. The monoisotopic (exact) mass is 406 g/mol. The summed E-state index contributed by atoms with van der Waals surface area (Å²) in [7, 11) is 0. The summed E-state index contributed by atoms with van der Waals surface area (Å²) < 4.78 is 32.6. The molecule has 6 nitrogen and oxygen atoms in total. The zero-order chi connectivity index (χ0) is 20.8. The van der Waals surface area contributed by atoms with Crippen LogP contribution in [0.5, 0.6) is 0 Å². The molecule has 4 aliphatic rings. The fourth-order valence-electron chi connectivity index (χ4n) is 6.10. The number of nitrogens with one attached hydrogen (secondary N) is 2. The van der Waals surface area contributed by atoms with E-state index in [4.69, 9.17) is 4.74 Å². The first kappa shape index (κ1) is 19.8. The van der Waals surface area contributed by atoms with E-state index in [0.29, 0.717) is 31.1 Å². The molecule has 0 aliphatic heterocycles. The molecule has 4 aliphatic carbocycles. The van der Waals surface area contributed by atoms with E-state index in [-0.39, 0.29) is 11.4 Å². The van der Waals surface area contributed by atoms with Gasteiger partial charge in [0, 0.05) is 12.5 Å². The number of carbonyl (C=O) groups is 3. The van der Waals surface area contributed by atoms with Gasteiger partial charge in [0.25, 0.3) is 5.91 Å². The van der Waals surface area contributed by atoms with Crippen molar-refractivity contribution < 1.29 is 27.9 Å². The first-order valence-corrected chi connectivity index (χ1v) is 9.90. The van der Waals surface area contributed by atoms with Crippen molar-refractivity contribution in [3.05, 3.63) is 29.8 Å². The molecule has 4 fully saturated rings. The molecular weight excluding hydrogens is 382 g/mol. The number of rotatable bonds is 5. The van der Waals surface area contributed by atoms with Crippen molar-refractivity contribution in [3.8, 4) is 0 Å². The highest BCUT2D eigenvalue weighted by molar-refractivity contribution is 5.93. The van der Waals surface area contributed by atoms with Gasteiger partial charge >= 0.3 is 5.97 Å². The van der Waals surface area contributed by atoms with Crippen LogP contribution in [0.15, 0.2) is 18.2 Å². The lowest BCUT2D eigenvalue weighted by Crippen LogP contribution is -2.64. The molecule has 4 bridgehead atoms. The molecule has 0 radical (unpaired) electrons. The summed E-state index contributed by atoms with van der Waals surface area (Å²) in [5, 5.41) is 5.19. The number of benzene rings is 1. The highest BCUT2D eigenvalue weighted by Crippen LogP contribution is 2.62. The van der Waals surface area contributed by atoms with Gasteiger partial charge in [0.15, 0.2) is 6.61 Å². The predicted octanol–water partition coefficient (Wildman–Crippen LogP) is 2.92. The van der Waals surface area contributed by atoms with Gasteiger partial charge in [-0.3, -0.25) is 14.4 Å². The number of anilines is 1. The van der Waals surface area contributed by atoms with E-state index in [1.165, 1.54) is 13.0 Å². The van der Waals surface area contributed by atoms with Crippen LogP contribution in [0.4, 0.5) is 14.5 Å². The molecule has 0 saturated heterocycles. The Morgan fingerprint density at radius 1 is 1.10 bits per heavy atom. The van der Waals surface area contributed by atoms with E-state index in [1.807, 2.05) is 0 Å². The molecule has 2 amide bonds. The summed E-state index contributed by atoms with van der Waals surface area (Å²) in [4.78, 5) is 36.7. The second-order valence-electron chi connectivity index (χ2n) is 8.92. The number of esters is 1. The molecule has 0 aromatic heterocycles. The van der Waals surface area contributed by atoms with Crippen LogP contribution in [0.1, 0.15) is 45.4 Å². The molecule has 0 heterocycles. The predicted molar refractivity (Wildman–Crippen MR) is 99.6 cm³/mol. The molecule has 5 rings (SSSR count). The maximum Gasteiger partial charge on any atom is 0.312 e. The van der Waals surface area contributed by atoms with Gasteiger partial charge in [0.1, 0.15) is 17.3 Å². The van der Waals surface area contributed by atoms with Crippen molar-refractivity contribution >= 4 is 23.5 Å². The quantitative estimate of drug-likeness (QED) is 0.737. The standard InChI is InChI=1S/C21H24F2N2O4/c1-12(26)25-21-8-13-5-14(9-21)7-20(6-13,11-21)19(28)29-10-17(27)24-18-15(22)3-2-4-16(18)23/h2-4,13-14H,5-11H2,1H3,(H,24,27)(H,25,26)/t13-,14-,20?,21?/m1/s1. The largest absolute Gasteiger partial charge is 0.455 e. The third kappa shape index (κ3) is 3.72. The highest BCUT2D eigenvalue weighted by atomic mass is 19.1. The maximum absolute atomic E-state index is 13.7. The van der Waals surface area contributed by atoms with Crippen LogP contribution in [-0.2, 0) is 19.1 Å². The van der Waals surface area contributed by atoms with Crippen LogP contribution in [0.25, 0.3) is 0 Å². The van der Waals surface area contributed by atoms with Crippen molar-refractivity contribution in [1.82, 2.24) is 5.32 Å². The van der Waals surface area contributed by atoms with Crippen molar-refractivity contribution in [1.29, 1.82) is 0 Å². The third-order valence-electron chi connectivity index (χ3n) is 6.50. The van der Waals surface area contributed by atoms with Gasteiger partial charge < -0.3 is 15.4 Å². The van der Waals surface area contributed by atoms with Crippen molar-refractivity contribution in [2.75, 3.05) is 11.9 Å². The molecule has 1 aromatic carbocycles. The Kier molecular flexibility index (Phi) is 4.83. The zero-order valence-corrected chi connectivity index (χ0v) is 16.2. The number of ether oxygens (including phenoxy) is 1. The van der Waals surface area contributed by atoms with Gasteiger partial charge in [0.05, 0.1) is 5.41 Å². The van der Waals surface area contributed by atoms with Crippen molar-refractivity contribution in [3.63, 3.8) is 0 Å². The van der Waals surface area contributed by atoms with Crippen LogP contribution >= 0.6 is 0 Å². The first-order valence-electron chi connectivity index (χ1n) is 9.90. The molecule has 2 N–H and O–H groups in total. The lowest BCUT2D eigenvalue weighted by Gasteiger charge is -2.60. The molecule has 2 atom stereocenters. The fourth-order valence-corrected chi connectivity index (χ4v) is 6.10. The second-order valence-corrected chi connectivity index (χ2v) is 8.92. The summed E-state index contributed by atoms with van der Waals surface area (Å²) in [6.07, 6.45) is 4.66. The average molecular weight is 406 g/mol. The summed E-state index contributed by atoms with van der Waals surface area (Å²) in [6, 6.07) is 3.25. The van der Waals surface area contributed by atoms with Gasteiger partial charge in [-0.05, 0) is 62.5 Å². The maximum atomic E-state index is 13.7. The number of hydrogen-bond donors (Lipinski definition) is 2. The van der Waals surface area contributed by atoms with E-state index < -0.39 is 41.2 Å². The molecule has 156 valence electrons. The van der Waals surface area contributed by atoms with E-state index in [1.54, 1.807) is 0 Å². The Balaban J connectivity index is 1.42. The molecule has 4 saturated carbocycles. The summed E-state index contributed by atoms with van der Waals surface area (Å²) >= 11 is 0. The SMILES string of the molecule is CC(=O)NC12C[C@@H]3C[C@@H](C1)CC(C(=O)OCC(=O)Nc1c(F)cccc1F)(C3)C2. The first-order chi connectivity index (χ1) is 13.7. The van der Waals surface area contributed by atoms with Crippen molar-refractivity contribution in [2.24, 2.45) is 17.3 Å². The summed E-state index contributed by atoms with van der Waals surface area (Å²) in [5.41, 5.74) is -1.66. The Morgan fingerprint density at radius 2 is 1.72 bits per heavy atom. The smallest absolute Gasteiger partial charge is 0.312 e. The minimum Gasteiger partial charge on any atom is -0.455 e. The lowest BCUT2D eigenvalue weighted by molar-refractivity contribution is -0.176. The number of amides is 2. The molecule has 29 heavy (non-hydrogen) atoms. The van der Waals surface area contributed by atoms with Crippen LogP contribution < -0.4 is 10.6 Å². The minimum atomic E-state index is -0.900. The molecule has 8 heteroatoms. The van der Waals surface area contributed by atoms with E-state index in [0.717, 1.165) is 31.4 Å². The number of halogens is 2. The summed E-state index contributed by atoms with van der Waals surface area (Å²) in [5.74, 6) is -2.49. The van der Waals surface area contributed by atoms with Crippen LogP contribution in [0, 0.1) is 28.9 Å². The normalized spacial score (nSPS) is 32.0. The van der Waals surface area contributed by atoms with Gasteiger partial charge in [0.2, 0.25) is 5.91 Å². The average Bonchev–Trinajstić information content (AvgIpc) is 2.60. The molecule has 0 spiro atoms. The van der Waals surface area contributed by atoms with Crippen LogP contribution in [0.3, 0.4) is 0 Å². The van der Waals surface area contributed by atoms with E-state index >= 15 is 0 Å². The van der Waals surface area contributed by atoms with Crippen molar-refractivity contribution in [2.45, 2.75) is 51.0 Å². The van der Waals surface area contributed by atoms with Gasteiger partial charge in [-0.1, -0.05) is 6.07 Å². The zero-order valence-electron chi connectivity index (χ0n) is 16.2. The van der Waals surface area contributed by atoms with E-state index in [2.05, 4.69) is 10.6 Å². The Labute approximate surface area is 167 Å². The second kappa shape index (κ2) is 7.07. The molecule has 0 unspecified atom stereocenters. The number of carbonyl (C=O) groups excluding carboxylic acids is 3. The summed E-state index contributed by atoms with van der Waals surface area (Å²) in [6.45, 7) is 0.868. The van der Waals surface area contributed by atoms with Gasteiger partial charge in [-0.2, -0.15) is 0 Å². The van der Waals surface area contributed by atoms with Crippen LogP contribution in [0.2, 0.25) is 0 Å². The lowest BCUT2D eigenvalue weighted by atomic mass is 9.47. The van der Waals surface area contributed by atoms with E-state index in [9.17, 15) is 23.2 Å². The highest BCUT2D eigenvalue weighted by Gasteiger charge is 2.61. The minimum absolute atomic E-state index is 0.109. The fraction of sp³-hybridized carbons (Fsp3) is 0.571. The topological polar surface area (TPSA) is 84.5 Å². The third-order valence-corrected chi connectivity index (χ3v) is 6.50.